The fraction of sp³-hybridized carbons (Fsp3) is 0.100. The van der Waals surface area contributed by atoms with E-state index in [4.69, 9.17) is 16.3 Å². The maximum absolute atomic E-state index is 12.2. The Morgan fingerprint density at radius 1 is 1.22 bits per heavy atom. The first-order valence-corrected chi connectivity index (χ1v) is 9.15. The van der Waals surface area contributed by atoms with Crippen LogP contribution >= 0.6 is 23.4 Å². The number of aliphatic imine (C=N–C) groups is 1. The highest BCUT2D eigenvalue weighted by Crippen LogP contribution is 2.41. The number of esters is 1. The molecule has 0 amide bonds. The number of carbonyl (C=O) groups excluding carboxylic acids is 1. The van der Waals surface area contributed by atoms with Gasteiger partial charge in [0.2, 0.25) is 0 Å². The number of nitrogens with zero attached hydrogens (tertiary/aromatic N) is 1. The second-order valence-corrected chi connectivity index (χ2v) is 7.18. The van der Waals surface area contributed by atoms with Gasteiger partial charge in [0.15, 0.2) is 0 Å². The maximum Gasteiger partial charge on any atom is 0.344 e. The molecule has 0 atom stereocenters. The normalized spacial score (nSPS) is 17.0. The molecule has 27 heavy (non-hydrogen) atoms. The SMILES string of the molecule is COC(=O)C1=C(O)/C(=C\c2ccc(O)c(C)c2)SC1=Nc1ccccc1Cl. The van der Waals surface area contributed by atoms with Gasteiger partial charge in [-0.2, -0.15) is 0 Å². The number of ether oxygens (including phenoxy) is 1. The lowest BCUT2D eigenvalue weighted by atomic mass is 10.1. The van der Waals surface area contributed by atoms with Crippen LogP contribution in [0.25, 0.3) is 6.08 Å². The lowest BCUT2D eigenvalue weighted by Gasteiger charge is -2.03. The number of aliphatic hydroxyl groups is 1. The van der Waals surface area contributed by atoms with Crippen molar-refractivity contribution >= 4 is 46.1 Å². The van der Waals surface area contributed by atoms with Crippen LogP contribution in [0.4, 0.5) is 5.69 Å². The predicted molar refractivity (Wildman–Crippen MR) is 109 cm³/mol. The summed E-state index contributed by atoms with van der Waals surface area (Å²) in [5, 5.41) is 21.0. The number of aliphatic hydroxyl groups excluding tert-OH is 1. The lowest BCUT2D eigenvalue weighted by Crippen LogP contribution is -2.10. The number of hydrogen-bond donors (Lipinski definition) is 2. The Morgan fingerprint density at radius 2 is 1.96 bits per heavy atom. The van der Waals surface area contributed by atoms with Crippen molar-refractivity contribution in [1.29, 1.82) is 0 Å². The standard InChI is InChI=1S/C20H16ClNO4S/c1-11-9-12(7-8-15(11)23)10-16-18(24)17(20(25)26-2)19(27-16)22-14-6-4-3-5-13(14)21/h3-10,23-24H,1-2H3/b16-10+,22-19?. The molecule has 1 heterocycles. The highest BCUT2D eigenvalue weighted by molar-refractivity contribution is 8.18. The first kappa shape index (κ1) is 19.1. The minimum absolute atomic E-state index is 0.0100. The molecular weight excluding hydrogens is 386 g/mol. The van der Waals surface area contributed by atoms with Crippen LogP contribution in [0, 0.1) is 6.92 Å². The minimum atomic E-state index is -0.684. The molecule has 0 unspecified atom stereocenters. The highest BCUT2D eigenvalue weighted by atomic mass is 35.5. The molecule has 1 aliphatic rings. The van der Waals surface area contributed by atoms with E-state index >= 15 is 0 Å². The predicted octanol–water partition coefficient (Wildman–Crippen LogP) is 5.16. The zero-order chi connectivity index (χ0) is 19.6. The van der Waals surface area contributed by atoms with Gasteiger partial charge in [0.25, 0.3) is 0 Å². The van der Waals surface area contributed by atoms with Gasteiger partial charge in [0, 0.05) is 0 Å². The molecule has 3 rings (SSSR count). The van der Waals surface area contributed by atoms with Gasteiger partial charge >= 0.3 is 5.97 Å². The Balaban J connectivity index is 2.07. The third-order valence-corrected chi connectivity index (χ3v) is 5.21. The van der Waals surface area contributed by atoms with E-state index < -0.39 is 5.97 Å². The molecule has 5 nitrogen and oxygen atoms in total. The number of phenolic OH excluding ortho intramolecular Hbond substituents is 1. The molecular formula is C20H16ClNO4S. The second-order valence-electron chi connectivity index (χ2n) is 5.74. The minimum Gasteiger partial charge on any atom is -0.508 e. The fourth-order valence-corrected chi connectivity index (χ4v) is 3.67. The third kappa shape index (κ3) is 4.02. The molecule has 7 heteroatoms. The van der Waals surface area contributed by atoms with Gasteiger partial charge in [-0.1, -0.05) is 41.6 Å². The molecule has 2 aromatic carbocycles. The lowest BCUT2D eigenvalue weighted by molar-refractivity contribution is -0.135. The molecule has 0 saturated carbocycles. The number of thioether (sulfide) groups is 1. The molecule has 2 aromatic rings. The summed E-state index contributed by atoms with van der Waals surface area (Å²) in [6.45, 7) is 1.78. The summed E-state index contributed by atoms with van der Waals surface area (Å²) >= 11 is 7.29. The van der Waals surface area contributed by atoms with Gasteiger partial charge in [0.05, 0.1) is 22.7 Å². The molecule has 2 N–H and O–H groups in total. The van der Waals surface area contributed by atoms with E-state index in [1.807, 2.05) is 0 Å². The molecule has 0 saturated heterocycles. The third-order valence-electron chi connectivity index (χ3n) is 3.87. The summed E-state index contributed by atoms with van der Waals surface area (Å²) in [6.07, 6.45) is 1.71. The van der Waals surface area contributed by atoms with Gasteiger partial charge in [-0.3, -0.25) is 0 Å². The molecule has 0 fully saturated rings. The van der Waals surface area contributed by atoms with Crippen LogP contribution in [0.3, 0.4) is 0 Å². The number of aryl methyl sites for hydroxylation is 1. The number of rotatable bonds is 3. The van der Waals surface area contributed by atoms with Gasteiger partial charge in [-0.15, -0.1) is 0 Å². The van der Waals surface area contributed by atoms with Crippen LogP contribution < -0.4 is 0 Å². The van der Waals surface area contributed by atoms with E-state index in [1.165, 1.54) is 7.11 Å². The van der Waals surface area contributed by atoms with Crippen molar-refractivity contribution in [3.05, 3.63) is 74.9 Å². The van der Waals surface area contributed by atoms with Crippen LogP contribution in [0.5, 0.6) is 5.75 Å². The van der Waals surface area contributed by atoms with Crippen LogP contribution in [-0.2, 0) is 9.53 Å². The van der Waals surface area contributed by atoms with Gasteiger partial charge < -0.3 is 14.9 Å². The molecule has 0 bridgehead atoms. The summed E-state index contributed by atoms with van der Waals surface area (Å²) in [5.74, 6) is -0.702. The average molecular weight is 402 g/mol. The molecule has 138 valence electrons. The van der Waals surface area contributed by atoms with Crippen molar-refractivity contribution in [1.82, 2.24) is 0 Å². The number of carbonyl (C=O) groups is 1. The molecule has 0 radical (unpaired) electrons. The maximum atomic E-state index is 12.2. The van der Waals surface area contributed by atoms with Crippen molar-refractivity contribution in [2.24, 2.45) is 4.99 Å². The molecule has 1 aliphatic heterocycles. The van der Waals surface area contributed by atoms with Crippen molar-refractivity contribution in [2.75, 3.05) is 7.11 Å². The molecule has 0 aromatic heterocycles. The largest absolute Gasteiger partial charge is 0.508 e. The Bertz CT molecular complexity index is 1010. The van der Waals surface area contributed by atoms with Crippen LogP contribution in [0.15, 0.2) is 63.7 Å². The number of hydrogen-bond acceptors (Lipinski definition) is 6. The average Bonchev–Trinajstić information content (AvgIpc) is 2.95. The number of benzene rings is 2. The summed E-state index contributed by atoms with van der Waals surface area (Å²) in [4.78, 5) is 17.1. The van der Waals surface area contributed by atoms with Crippen molar-refractivity contribution in [3.63, 3.8) is 0 Å². The quantitative estimate of drug-likeness (QED) is 0.694. The van der Waals surface area contributed by atoms with E-state index in [0.717, 1.165) is 17.3 Å². The van der Waals surface area contributed by atoms with E-state index in [-0.39, 0.29) is 17.1 Å². The molecule has 0 aliphatic carbocycles. The number of halogens is 1. The first-order chi connectivity index (χ1) is 12.9. The topological polar surface area (TPSA) is 79.1 Å². The zero-order valence-electron chi connectivity index (χ0n) is 14.6. The van der Waals surface area contributed by atoms with Crippen LogP contribution in [-0.4, -0.2) is 28.3 Å². The zero-order valence-corrected chi connectivity index (χ0v) is 16.1. The van der Waals surface area contributed by atoms with Crippen molar-refractivity contribution in [2.45, 2.75) is 6.92 Å². The van der Waals surface area contributed by atoms with Gasteiger partial charge in [-0.05, 0) is 48.4 Å². The van der Waals surface area contributed by atoms with Crippen LogP contribution in [0.1, 0.15) is 11.1 Å². The van der Waals surface area contributed by atoms with Crippen molar-refractivity contribution in [3.8, 4) is 5.75 Å². The Labute approximate surface area is 165 Å². The van der Waals surface area contributed by atoms with Gasteiger partial charge in [0.1, 0.15) is 22.1 Å². The van der Waals surface area contributed by atoms with Gasteiger partial charge in [-0.25, -0.2) is 9.79 Å². The Kier molecular flexibility index (Phi) is 5.58. The monoisotopic (exact) mass is 401 g/mol. The van der Waals surface area contributed by atoms with Crippen molar-refractivity contribution < 1.29 is 19.7 Å². The molecule has 0 spiro atoms. The number of para-hydroxylation sites is 1. The van der Waals surface area contributed by atoms with Crippen LogP contribution in [0.2, 0.25) is 5.02 Å². The smallest absolute Gasteiger partial charge is 0.344 e. The van der Waals surface area contributed by atoms with E-state index in [9.17, 15) is 15.0 Å². The Hall–Kier alpha value is -2.70. The summed E-state index contributed by atoms with van der Waals surface area (Å²) < 4.78 is 4.79. The summed E-state index contributed by atoms with van der Waals surface area (Å²) in [6, 6.07) is 12.0. The summed E-state index contributed by atoms with van der Waals surface area (Å²) in [7, 11) is 1.24. The number of aromatic hydroxyl groups is 1. The Morgan fingerprint density at radius 3 is 2.63 bits per heavy atom. The van der Waals surface area contributed by atoms with E-state index in [2.05, 4.69) is 4.99 Å². The van der Waals surface area contributed by atoms with E-state index in [1.54, 1.807) is 55.5 Å². The fourth-order valence-electron chi connectivity index (χ4n) is 2.46. The number of methoxy groups -OCH3 is 1. The highest BCUT2D eigenvalue weighted by Gasteiger charge is 2.33. The number of phenols is 1. The second kappa shape index (κ2) is 7.90. The summed E-state index contributed by atoms with van der Waals surface area (Å²) in [5.41, 5.74) is 1.94. The van der Waals surface area contributed by atoms with E-state index in [0.29, 0.717) is 26.2 Å². The first-order valence-electron chi connectivity index (χ1n) is 7.95.